The van der Waals surface area contributed by atoms with Gasteiger partial charge in [-0.1, -0.05) is 59.6 Å². The van der Waals surface area contributed by atoms with Crippen LogP contribution in [0.15, 0.2) is 81.1 Å². The molecule has 1 amide bonds. The molecule has 1 aromatic heterocycles. The van der Waals surface area contributed by atoms with E-state index in [1.807, 2.05) is 38.1 Å². The molecule has 1 heterocycles. The summed E-state index contributed by atoms with van der Waals surface area (Å²) >= 11 is 9.60. The highest BCUT2D eigenvalue weighted by Crippen LogP contribution is 2.23. The van der Waals surface area contributed by atoms with Crippen molar-refractivity contribution < 1.29 is 9.53 Å². The van der Waals surface area contributed by atoms with Gasteiger partial charge in [-0.15, -0.1) is 0 Å². The SMILES string of the molecule is CC(C)c1nc2ccc(Br)cc2c(=O)n1N=Cc1cc(Cl)ccc1OCC(=O)Nc1ccccc1. The third-order valence-corrected chi connectivity index (χ3v) is 5.78. The van der Waals surface area contributed by atoms with Crippen LogP contribution in [-0.2, 0) is 4.79 Å². The van der Waals surface area contributed by atoms with Gasteiger partial charge in [0.2, 0.25) is 0 Å². The van der Waals surface area contributed by atoms with Gasteiger partial charge in [-0.3, -0.25) is 9.59 Å². The van der Waals surface area contributed by atoms with Crippen LogP contribution < -0.4 is 15.6 Å². The summed E-state index contributed by atoms with van der Waals surface area (Å²) in [5.41, 5.74) is 1.50. The van der Waals surface area contributed by atoms with Gasteiger partial charge in [-0.2, -0.15) is 9.78 Å². The smallest absolute Gasteiger partial charge is 0.282 e. The minimum absolute atomic E-state index is 0.0512. The molecule has 0 fully saturated rings. The van der Waals surface area contributed by atoms with Gasteiger partial charge < -0.3 is 10.1 Å². The Morgan fingerprint density at radius 3 is 2.69 bits per heavy atom. The third kappa shape index (κ3) is 5.96. The lowest BCUT2D eigenvalue weighted by Gasteiger charge is -2.13. The number of rotatable bonds is 7. The predicted octanol–water partition coefficient (Wildman–Crippen LogP) is 5.84. The van der Waals surface area contributed by atoms with E-state index < -0.39 is 0 Å². The number of halogens is 2. The number of nitrogens with zero attached hydrogens (tertiary/aromatic N) is 3. The Kier molecular flexibility index (Phi) is 7.63. The Morgan fingerprint density at radius 1 is 1.17 bits per heavy atom. The number of hydrogen-bond acceptors (Lipinski definition) is 5. The van der Waals surface area contributed by atoms with Crippen molar-refractivity contribution in [2.75, 3.05) is 11.9 Å². The van der Waals surface area contributed by atoms with Crippen LogP contribution in [0.2, 0.25) is 5.02 Å². The number of nitrogens with one attached hydrogen (secondary N) is 1. The lowest BCUT2D eigenvalue weighted by Crippen LogP contribution is -2.23. The van der Waals surface area contributed by atoms with E-state index >= 15 is 0 Å². The standard InChI is InChI=1S/C26H22BrClN4O3/c1-16(2)25-31-22-10-8-18(27)13-21(22)26(34)32(25)29-14-17-12-19(28)9-11-23(17)35-15-24(33)30-20-6-4-3-5-7-20/h3-14,16H,15H2,1-2H3,(H,30,33). The van der Waals surface area contributed by atoms with Gasteiger partial charge in [0, 0.05) is 26.7 Å². The first kappa shape index (κ1) is 24.6. The number of ether oxygens (including phenoxy) is 1. The van der Waals surface area contributed by atoms with Crippen LogP contribution in [0.5, 0.6) is 5.75 Å². The molecule has 0 unspecified atom stereocenters. The Labute approximate surface area is 215 Å². The Balaban J connectivity index is 1.63. The Morgan fingerprint density at radius 2 is 1.94 bits per heavy atom. The number of carbonyl (C=O) groups excluding carboxylic acids is 1. The van der Waals surface area contributed by atoms with E-state index in [4.69, 9.17) is 16.3 Å². The number of carbonyl (C=O) groups is 1. The number of hydrogen-bond donors (Lipinski definition) is 1. The second-order valence-corrected chi connectivity index (χ2v) is 9.38. The van der Waals surface area contributed by atoms with Crippen molar-refractivity contribution in [1.29, 1.82) is 0 Å². The van der Waals surface area contributed by atoms with E-state index in [0.29, 0.717) is 38.8 Å². The molecule has 1 N–H and O–H groups in total. The summed E-state index contributed by atoms with van der Waals surface area (Å²) in [5, 5.41) is 8.11. The van der Waals surface area contributed by atoms with E-state index in [-0.39, 0.29) is 24.0 Å². The van der Waals surface area contributed by atoms with Crippen LogP contribution in [0.1, 0.15) is 31.2 Å². The van der Waals surface area contributed by atoms with Crippen molar-refractivity contribution in [2.45, 2.75) is 19.8 Å². The molecule has 0 radical (unpaired) electrons. The van der Waals surface area contributed by atoms with Crippen molar-refractivity contribution in [1.82, 2.24) is 9.66 Å². The first-order chi connectivity index (χ1) is 16.8. The maximum atomic E-state index is 13.2. The van der Waals surface area contributed by atoms with E-state index in [0.717, 1.165) is 4.47 Å². The van der Waals surface area contributed by atoms with Gasteiger partial charge in [0.15, 0.2) is 6.61 Å². The predicted molar refractivity (Wildman–Crippen MR) is 143 cm³/mol. The van der Waals surface area contributed by atoms with Crippen LogP contribution in [0.4, 0.5) is 5.69 Å². The zero-order valence-electron chi connectivity index (χ0n) is 19.0. The number of fused-ring (bicyclic) bond motifs is 1. The van der Waals surface area contributed by atoms with E-state index in [2.05, 4.69) is 31.3 Å². The Bertz CT molecular complexity index is 1470. The highest BCUT2D eigenvalue weighted by molar-refractivity contribution is 9.10. The van der Waals surface area contributed by atoms with Gasteiger partial charge in [-0.25, -0.2) is 4.98 Å². The lowest BCUT2D eigenvalue weighted by molar-refractivity contribution is -0.118. The molecular formula is C26H22BrClN4O3. The number of para-hydroxylation sites is 1. The highest BCUT2D eigenvalue weighted by atomic mass is 79.9. The molecule has 0 atom stereocenters. The normalized spacial score (nSPS) is 11.3. The zero-order valence-corrected chi connectivity index (χ0v) is 21.4. The Hall–Kier alpha value is -3.49. The van der Waals surface area contributed by atoms with Crippen molar-refractivity contribution >= 4 is 56.2 Å². The molecule has 3 aromatic carbocycles. The molecule has 7 nitrogen and oxygen atoms in total. The molecule has 178 valence electrons. The summed E-state index contributed by atoms with van der Waals surface area (Å²) in [5.74, 6) is 0.561. The third-order valence-electron chi connectivity index (χ3n) is 5.05. The van der Waals surface area contributed by atoms with Crippen LogP contribution in [0.3, 0.4) is 0 Å². The number of anilines is 1. The fourth-order valence-electron chi connectivity index (χ4n) is 3.38. The second-order valence-electron chi connectivity index (χ2n) is 8.03. The molecule has 0 aliphatic heterocycles. The minimum Gasteiger partial charge on any atom is -0.483 e. The maximum absolute atomic E-state index is 13.2. The van der Waals surface area contributed by atoms with Gasteiger partial charge in [0.25, 0.3) is 11.5 Å². The monoisotopic (exact) mass is 552 g/mol. The summed E-state index contributed by atoms with van der Waals surface area (Å²) in [7, 11) is 0. The molecule has 0 saturated carbocycles. The van der Waals surface area contributed by atoms with Crippen molar-refractivity contribution in [3.05, 3.63) is 98.0 Å². The molecule has 0 aliphatic carbocycles. The minimum atomic E-state index is -0.309. The van der Waals surface area contributed by atoms with E-state index in [9.17, 15) is 9.59 Å². The lowest BCUT2D eigenvalue weighted by atomic mass is 10.2. The maximum Gasteiger partial charge on any atom is 0.282 e. The number of amides is 1. The van der Waals surface area contributed by atoms with Crippen LogP contribution >= 0.6 is 27.5 Å². The molecule has 35 heavy (non-hydrogen) atoms. The summed E-state index contributed by atoms with van der Waals surface area (Å²) in [6.07, 6.45) is 1.48. The molecule has 0 bridgehead atoms. The average molecular weight is 554 g/mol. The van der Waals surface area contributed by atoms with Crippen LogP contribution in [-0.4, -0.2) is 28.4 Å². The quantitative estimate of drug-likeness (QED) is 0.292. The van der Waals surface area contributed by atoms with Crippen molar-refractivity contribution in [3.63, 3.8) is 0 Å². The largest absolute Gasteiger partial charge is 0.483 e. The summed E-state index contributed by atoms with van der Waals surface area (Å²) < 4.78 is 7.80. The van der Waals surface area contributed by atoms with E-state index in [1.54, 1.807) is 42.5 Å². The number of benzene rings is 3. The summed E-state index contributed by atoms with van der Waals surface area (Å²) in [6.45, 7) is 3.68. The molecule has 4 aromatic rings. The summed E-state index contributed by atoms with van der Waals surface area (Å²) in [6, 6.07) is 19.4. The topological polar surface area (TPSA) is 85.6 Å². The van der Waals surface area contributed by atoms with Gasteiger partial charge in [-0.05, 0) is 48.5 Å². The fraction of sp³-hybridized carbons (Fsp3) is 0.154. The fourth-order valence-corrected chi connectivity index (χ4v) is 3.93. The van der Waals surface area contributed by atoms with Crippen molar-refractivity contribution in [3.8, 4) is 5.75 Å². The molecule has 4 rings (SSSR count). The molecule has 0 spiro atoms. The van der Waals surface area contributed by atoms with Crippen LogP contribution in [0.25, 0.3) is 10.9 Å². The van der Waals surface area contributed by atoms with E-state index in [1.165, 1.54) is 10.9 Å². The second kappa shape index (κ2) is 10.8. The first-order valence-electron chi connectivity index (χ1n) is 10.9. The van der Waals surface area contributed by atoms with Gasteiger partial charge in [0.05, 0.1) is 17.1 Å². The molecule has 0 saturated heterocycles. The number of aromatic nitrogens is 2. The first-order valence-corrected chi connectivity index (χ1v) is 12.0. The molecule has 9 heteroatoms. The van der Waals surface area contributed by atoms with Gasteiger partial charge >= 0.3 is 0 Å². The highest BCUT2D eigenvalue weighted by Gasteiger charge is 2.14. The zero-order chi connectivity index (χ0) is 24.9. The average Bonchev–Trinajstić information content (AvgIpc) is 2.83. The van der Waals surface area contributed by atoms with Crippen molar-refractivity contribution in [2.24, 2.45) is 5.10 Å². The van der Waals surface area contributed by atoms with Crippen LogP contribution in [0, 0.1) is 0 Å². The molecular weight excluding hydrogens is 532 g/mol. The molecule has 0 aliphatic rings. The summed E-state index contributed by atoms with van der Waals surface area (Å²) in [4.78, 5) is 30.2. The van der Waals surface area contributed by atoms with Gasteiger partial charge in [0.1, 0.15) is 11.6 Å².